The SMILES string of the molecule is CCCC[C@]1(O)CC[C@](C)(/C=[CH]\[Sn]([CH2]CCC)([CH2]CCC)[CH2]CCC)C1. The standard InChI is InChI=1S/C12H21O.3C4H9.Sn/c1-4-6-7-12(13)9-8-11(3,5-2)10-12;3*1-3-4-2;/h2,5,13H,4,6-10H2,1,3H3;3*1,3-4H2,2H3;/t11-,12-;;;;/m0..../s1. The van der Waals surface area contributed by atoms with Crippen LogP contribution in [0.1, 0.15) is 112 Å². The van der Waals surface area contributed by atoms with Crippen LogP contribution in [-0.4, -0.2) is 29.1 Å². The van der Waals surface area contributed by atoms with Gasteiger partial charge in [-0.2, -0.15) is 0 Å². The van der Waals surface area contributed by atoms with Gasteiger partial charge in [-0.1, -0.05) is 0 Å². The molecule has 0 aromatic carbocycles. The average Bonchev–Trinajstić information content (AvgIpc) is 2.95. The minimum absolute atomic E-state index is 0.245. The van der Waals surface area contributed by atoms with Gasteiger partial charge in [-0.05, 0) is 0 Å². The van der Waals surface area contributed by atoms with E-state index in [0.717, 1.165) is 19.3 Å². The number of hydrogen-bond acceptors (Lipinski definition) is 1. The van der Waals surface area contributed by atoms with E-state index in [4.69, 9.17) is 0 Å². The van der Waals surface area contributed by atoms with Gasteiger partial charge in [-0.3, -0.25) is 0 Å². The van der Waals surface area contributed by atoms with Crippen molar-refractivity contribution in [3.8, 4) is 0 Å². The average molecular weight is 471 g/mol. The van der Waals surface area contributed by atoms with Crippen LogP contribution in [0.2, 0.25) is 13.3 Å². The maximum absolute atomic E-state index is 11.0. The molecule has 1 aliphatic carbocycles. The van der Waals surface area contributed by atoms with Gasteiger partial charge in [0.05, 0.1) is 0 Å². The monoisotopic (exact) mass is 472 g/mol. The van der Waals surface area contributed by atoms with Crippen LogP contribution in [0.3, 0.4) is 0 Å². The Balaban J connectivity index is 2.89. The van der Waals surface area contributed by atoms with E-state index in [9.17, 15) is 5.11 Å². The zero-order chi connectivity index (χ0) is 19.5. The van der Waals surface area contributed by atoms with Gasteiger partial charge >= 0.3 is 170 Å². The second-order valence-corrected chi connectivity index (χ2v) is 22.7. The van der Waals surface area contributed by atoms with Gasteiger partial charge in [0.25, 0.3) is 0 Å². The van der Waals surface area contributed by atoms with Gasteiger partial charge < -0.3 is 0 Å². The van der Waals surface area contributed by atoms with Gasteiger partial charge in [-0.25, -0.2) is 0 Å². The maximum atomic E-state index is 11.0. The molecule has 0 aliphatic heterocycles. The molecule has 2 heteroatoms. The molecular weight excluding hydrogens is 423 g/mol. The van der Waals surface area contributed by atoms with Crippen LogP contribution >= 0.6 is 0 Å². The molecule has 0 aromatic heterocycles. The van der Waals surface area contributed by atoms with Crippen molar-refractivity contribution in [2.45, 2.75) is 131 Å². The zero-order valence-corrected chi connectivity index (χ0v) is 21.6. The molecule has 1 N–H and O–H groups in total. The Morgan fingerprint density at radius 2 is 1.31 bits per heavy atom. The normalized spacial score (nSPS) is 26.8. The van der Waals surface area contributed by atoms with Gasteiger partial charge in [-0.15, -0.1) is 0 Å². The molecule has 0 saturated heterocycles. The first-order valence-electron chi connectivity index (χ1n) is 11.8. The Labute approximate surface area is 169 Å². The van der Waals surface area contributed by atoms with Crippen LogP contribution in [0, 0.1) is 5.41 Å². The van der Waals surface area contributed by atoms with E-state index < -0.39 is 18.4 Å². The molecule has 1 fully saturated rings. The fourth-order valence-corrected chi connectivity index (χ4v) is 19.7. The second kappa shape index (κ2) is 12.1. The number of unbranched alkanes of at least 4 members (excludes halogenated alkanes) is 4. The Hall–Kier alpha value is 0.499. The minimum atomic E-state index is -2.18. The molecule has 1 aliphatic rings. The predicted molar refractivity (Wildman–Crippen MR) is 120 cm³/mol. The number of hydrogen-bond donors (Lipinski definition) is 1. The van der Waals surface area contributed by atoms with Gasteiger partial charge in [0, 0.05) is 0 Å². The van der Waals surface area contributed by atoms with Gasteiger partial charge in [0.1, 0.15) is 0 Å². The van der Waals surface area contributed by atoms with Crippen molar-refractivity contribution >= 4 is 18.4 Å². The van der Waals surface area contributed by atoms with Crippen molar-refractivity contribution in [1.29, 1.82) is 0 Å². The third kappa shape index (κ3) is 8.25. The van der Waals surface area contributed by atoms with Crippen LogP contribution in [0.25, 0.3) is 0 Å². The van der Waals surface area contributed by atoms with Crippen LogP contribution in [0.4, 0.5) is 0 Å². The molecule has 1 saturated carbocycles. The summed E-state index contributed by atoms with van der Waals surface area (Å²) in [4.78, 5) is 0. The van der Waals surface area contributed by atoms with Crippen molar-refractivity contribution in [3.63, 3.8) is 0 Å². The van der Waals surface area contributed by atoms with Crippen molar-refractivity contribution in [1.82, 2.24) is 0 Å². The number of aliphatic hydroxyl groups is 1. The molecular formula is C24H48OSn. The summed E-state index contributed by atoms with van der Waals surface area (Å²) in [5.41, 5.74) is -0.140. The van der Waals surface area contributed by atoms with E-state index in [0.29, 0.717) is 0 Å². The summed E-state index contributed by atoms with van der Waals surface area (Å²) in [6.07, 6.45) is 17.5. The molecule has 0 radical (unpaired) electrons. The topological polar surface area (TPSA) is 20.2 Å². The van der Waals surface area contributed by atoms with E-state index in [-0.39, 0.29) is 11.0 Å². The first kappa shape index (κ1) is 24.5. The van der Waals surface area contributed by atoms with E-state index in [1.54, 1.807) is 13.3 Å². The summed E-state index contributed by atoms with van der Waals surface area (Å²) in [5.74, 6) is 0. The van der Waals surface area contributed by atoms with Gasteiger partial charge in [0.2, 0.25) is 0 Å². The van der Waals surface area contributed by atoms with Crippen LogP contribution in [0.15, 0.2) is 10.2 Å². The third-order valence-corrected chi connectivity index (χ3v) is 20.9. The second-order valence-electron chi connectivity index (χ2n) is 9.67. The Bertz CT molecular complexity index is 383. The molecule has 0 unspecified atom stereocenters. The Morgan fingerprint density at radius 3 is 1.77 bits per heavy atom. The summed E-state index contributed by atoms with van der Waals surface area (Å²) in [6, 6.07) is 0. The zero-order valence-electron chi connectivity index (χ0n) is 18.7. The molecule has 154 valence electrons. The molecule has 1 nitrogen and oxygen atoms in total. The summed E-state index contributed by atoms with van der Waals surface area (Å²) in [6.45, 7) is 11.7. The van der Waals surface area contributed by atoms with E-state index in [2.05, 4.69) is 44.8 Å². The number of allylic oxidation sites excluding steroid dienone is 1. The van der Waals surface area contributed by atoms with Crippen molar-refractivity contribution < 1.29 is 5.11 Å². The van der Waals surface area contributed by atoms with E-state index in [1.165, 1.54) is 57.8 Å². The quantitative estimate of drug-likeness (QED) is 0.254. The van der Waals surface area contributed by atoms with Crippen molar-refractivity contribution in [2.75, 3.05) is 0 Å². The Kier molecular flexibility index (Phi) is 11.5. The summed E-state index contributed by atoms with van der Waals surface area (Å²) in [5, 5.41) is 11.0. The first-order chi connectivity index (χ1) is 12.4. The molecule has 0 amide bonds. The van der Waals surface area contributed by atoms with Crippen LogP contribution < -0.4 is 0 Å². The number of rotatable bonds is 14. The van der Waals surface area contributed by atoms with Crippen molar-refractivity contribution in [2.24, 2.45) is 5.41 Å². The first-order valence-corrected chi connectivity index (χ1v) is 19.5. The van der Waals surface area contributed by atoms with Crippen LogP contribution in [0.5, 0.6) is 0 Å². The van der Waals surface area contributed by atoms with Crippen molar-refractivity contribution in [3.05, 3.63) is 10.2 Å². The van der Waals surface area contributed by atoms with Crippen LogP contribution in [-0.2, 0) is 0 Å². The molecule has 0 aromatic rings. The summed E-state index contributed by atoms with van der Waals surface area (Å²) < 4.78 is 7.49. The van der Waals surface area contributed by atoms with E-state index >= 15 is 0 Å². The fraction of sp³-hybridized carbons (Fsp3) is 0.917. The van der Waals surface area contributed by atoms with Gasteiger partial charge in [0.15, 0.2) is 0 Å². The third-order valence-electron chi connectivity index (χ3n) is 6.81. The predicted octanol–water partition coefficient (Wildman–Crippen LogP) is 8.04. The fourth-order valence-electron chi connectivity index (χ4n) is 4.90. The molecule has 0 heterocycles. The molecule has 0 bridgehead atoms. The Morgan fingerprint density at radius 1 is 0.808 bits per heavy atom. The molecule has 2 atom stereocenters. The molecule has 0 spiro atoms. The molecule has 1 rings (SSSR count). The summed E-state index contributed by atoms with van der Waals surface area (Å²) in [7, 11) is 0. The molecule has 26 heavy (non-hydrogen) atoms. The van der Waals surface area contributed by atoms with E-state index in [1.807, 2.05) is 0 Å². The summed E-state index contributed by atoms with van der Waals surface area (Å²) >= 11 is -2.18.